The van der Waals surface area contributed by atoms with Crippen LogP contribution in [0.15, 0.2) is 84.3 Å². The van der Waals surface area contributed by atoms with Gasteiger partial charge in [-0.2, -0.15) is 0 Å². The maximum atomic E-state index is 6.02. The molecule has 1 aromatic rings. The van der Waals surface area contributed by atoms with E-state index in [0.717, 1.165) is 22.6 Å². The monoisotopic (exact) mass is 365 g/mol. The summed E-state index contributed by atoms with van der Waals surface area (Å²) in [5, 5.41) is 0. The molecule has 1 aliphatic rings. The zero-order chi connectivity index (χ0) is 19.5. The Morgan fingerprint density at radius 2 is 1.63 bits per heavy atom. The summed E-state index contributed by atoms with van der Waals surface area (Å²) >= 11 is 0. The first-order valence-electron chi connectivity index (χ1n) is 9.57. The van der Waals surface area contributed by atoms with Crippen LogP contribution in [0.1, 0.15) is 19.4 Å². The maximum absolute atomic E-state index is 6.02. The molecule has 0 saturated heterocycles. The van der Waals surface area contributed by atoms with Crippen molar-refractivity contribution in [3.05, 3.63) is 89.9 Å². The molecule has 1 aromatic carbocycles. The van der Waals surface area contributed by atoms with Crippen LogP contribution in [0.5, 0.6) is 0 Å². The lowest BCUT2D eigenvalue weighted by atomic mass is 9.93. The van der Waals surface area contributed by atoms with E-state index in [0.29, 0.717) is 19.8 Å². The lowest BCUT2D eigenvalue weighted by Gasteiger charge is -2.24. The minimum absolute atomic E-state index is 0.205. The van der Waals surface area contributed by atoms with Gasteiger partial charge in [-0.3, -0.25) is 0 Å². The van der Waals surface area contributed by atoms with E-state index in [1.807, 2.05) is 38.9 Å². The van der Waals surface area contributed by atoms with Gasteiger partial charge < -0.3 is 14.4 Å². The highest BCUT2D eigenvalue weighted by molar-refractivity contribution is 5.80. The van der Waals surface area contributed by atoms with Crippen LogP contribution < -0.4 is 0 Å². The molecule has 2 rings (SSSR count). The molecular weight excluding hydrogens is 334 g/mol. The van der Waals surface area contributed by atoms with Crippen molar-refractivity contribution in [2.24, 2.45) is 5.92 Å². The van der Waals surface area contributed by atoms with Crippen LogP contribution in [0.25, 0.3) is 5.57 Å². The standard InChI is InChI=1S/C24H31NO2/c1-5-26-19-23(24(25(3)4)27-6-2)22(21-16-12-9-13-17-21)18-20-14-10-7-8-11-15-20/h7-18,20H,5-6,19H2,1-4H3/b22-18-,24-23-. The minimum Gasteiger partial charge on any atom is -0.479 e. The smallest absolute Gasteiger partial charge is 0.195 e. The Balaban J connectivity index is 2.61. The minimum atomic E-state index is 0.205. The van der Waals surface area contributed by atoms with Crippen molar-refractivity contribution in [1.29, 1.82) is 0 Å². The largest absolute Gasteiger partial charge is 0.479 e. The summed E-state index contributed by atoms with van der Waals surface area (Å²) in [5.41, 5.74) is 3.36. The molecule has 0 amide bonds. The highest BCUT2D eigenvalue weighted by atomic mass is 16.5. The molecule has 27 heavy (non-hydrogen) atoms. The first-order chi connectivity index (χ1) is 13.2. The molecule has 1 aliphatic carbocycles. The molecule has 3 nitrogen and oxygen atoms in total. The molecule has 0 bridgehead atoms. The fraction of sp³-hybridized carbons (Fsp3) is 0.333. The van der Waals surface area contributed by atoms with Crippen LogP contribution in [0.4, 0.5) is 0 Å². The molecule has 0 aromatic heterocycles. The van der Waals surface area contributed by atoms with Gasteiger partial charge in [0.25, 0.3) is 0 Å². The SMILES string of the molecule is CCOCC(/C(=C\C1C=CC=CC=C1)c1ccccc1)=C(/OCC)N(C)C. The van der Waals surface area contributed by atoms with Crippen molar-refractivity contribution in [3.8, 4) is 0 Å². The van der Waals surface area contributed by atoms with Crippen molar-refractivity contribution in [3.63, 3.8) is 0 Å². The zero-order valence-corrected chi connectivity index (χ0v) is 16.9. The average Bonchev–Trinajstić information content (AvgIpc) is 2.95. The topological polar surface area (TPSA) is 21.7 Å². The summed E-state index contributed by atoms with van der Waals surface area (Å²) in [6.45, 7) is 5.80. The summed E-state index contributed by atoms with van der Waals surface area (Å²) in [4.78, 5) is 2.02. The van der Waals surface area contributed by atoms with Crippen molar-refractivity contribution in [2.75, 3.05) is 33.9 Å². The summed E-state index contributed by atoms with van der Waals surface area (Å²) in [5.74, 6) is 1.05. The Kier molecular flexibility index (Phi) is 8.66. The molecule has 3 heteroatoms. The van der Waals surface area contributed by atoms with E-state index in [-0.39, 0.29) is 5.92 Å². The van der Waals surface area contributed by atoms with Crippen molar-refractivity contribution < 1.29 is 9.47 Å². The third kappa shape index (κ3) is 6.30. The number of hydrogen-bond acceptors (Lipinski definition) is 3. The highest BCUT2D eigenvalue weighted by Gasteiger charge is 2.18. The number of rotatable bonds is 9. The Morgan fingerprint density at radius 3 is 2.19 bits per heavy atom. The van der Waals surface area contributed by atoms with Crippen molar-refractivity contribution in [1.82, 2.24) is 4.90 Å². The van der Waals surface area contributed by atoms with Gasteiger partial charge in [0.15, 0.2) is 5.88 Å². The number of nitrogens with zero attached hydrogens (tertiary/aromatic N) is 1. The maximum Gasteiger partial charge on any atom is 0.195 e. The molecule has 0 N–H and O–H groups in total. The Bertz CT molecular complexity index is 708. The van der Waals surface area contributed by atoms with Gasteiger partial charge in [0, 0.05) is 32.2 Å². The molecule has 0 atom stereocenters. The summed E-state index contributed by atoms with van der Waals surface area (Å²) in [6, 6.07) is 10.5. The van der Waals surface area contributed by atoms with Crippen LogP contribution in [-0.4, -0.2) is 38.8 Å². The third-order valence-electron chi connectivity index (χ3n) is 4.16. The van der Waals surface area contributed by atoms with Gasteiger partial charge in [0.05, 0.1) is 13.2 Å². The van der Waals surface area contributed by atoms with Gasteiger partial charge in [-0.25, -0.2) is 0 Å². The van der Waals surface area contributed by atoms with Crippen molar-refractivity contribution in [2.45, 2.75) is 13.8 Å². The molecular formula is C24H31NO2. The van der Waals surface area contributed by atoms with Gasteiger partial charge in [-0.05, 0) is 25.0 Å². The lowest BCUT2D eigenvalue weighted by Crippen LogP contribution is -2.19. The summed E-state index contributed by atoms with van der Waals surface area (Å²) in [6.07, 6.45) is 14.9. The Hall–Kier alpha value is -2.52. The van der Waals surface area contributed by atoms with E-state index in [4.69, 9.17) is 9.47 Å². The number of ether oxygens (including phenoxy) is 2. The van der Waals surface area contributed by atoms with E-state index in [9.17, 15) is 0 Å². The summed E-state index contributed by atoms with van der Waals surface area (Å²) in [7, 11) is 4.02. The van der Waals surface area contributed by atoms with E-state index in [1.54, 1.807) is 0 Å². The molecule has 0 radical (unpaired) electrons. The fourth-order valence-corrected chi connectivity index (χ4v) is 2.95. The number of hydrogen-bond donors (Lipinski definition) is 0. The van der Waals surface area contributed by atoms with Gasteiger partial charge in [0.1, 0.15) is 0 Å². The second-order valence-corrected chi connectivity index (χ2v) is 6.43. The molecule has 0 heterocycles. The number of allylic oxidation sites excluding steroid dienone is 7. The van der Waals surface area contributed by atoms with E-state index >= 15 is 0 Å². The van der Waals surface area contributed by atoms with Gasteiger partial charge in [-0.15, -0.1) is 0 Å². The predicted molar refractivity (Wildman–Crippen MR) is 114 cm³/mol. The van der Waals surface area contributed by atoms with Crippen LogP contribution in [0.2, 0.25) is 0 Å². The van der Waals surface area contributed by atoms with E-state index in [1.165, 1.54) is 0 Å². The molecule has 0 saturated carbocycles. The molecule has 0 aliphatic heterocycles. The first kappa shape index (κ1) is 20.8. The Labute approximate surface area is 164 Å². The van der Waals surface area contributed by atoms with Crippen LogP contribution >= 0.6 is 0 Å². The van der Waals surface area contributed by atoms with Crippen LogP contribution in [0.3, 0.4) is 0 Å². The van der Waals surface area contributed by atoms with Crippen LogP contribution in [-0.2, 0) is 9.47 Å². The van der Waals surface area contributed by atoms with E-state index < -0.39 is 0 Å². The van der Waals surface area contributed by atoms with Gasteiger partial charge in [0.2, 0.25) is 0 Å². The Morgan fingerprint density at radius 1 is 0.963 bits per heavy atom. The molecule has 0 fully saturated rings. The lowest BCUT2D eigenvalue weighted by molar-refractivity contribution is 0.131. The molecule has 0 spiro atoms. The van der Waals surface area contributed by atoms with E-state index in [2.05, 4.69) is 66.8 Å². The first-order valence-corrected chi connectivity index (χ1v) is 9.57. The summed E-state index contributed by atoms with van der Waals surface area (Å²) < 4.78 is 11.9. The highest BCUT2D eigenvalue weighted by Crippen LogP contribution is 2.30. The van der Waals surface area contributed by atoms with Crippen LogP contribution in [0, 0.1) is 5.92 Å². The molecule has 0 unspecified atom stereocenters. The van der Waals surface area contributed by atoms with Gasteiger partial charge in [-0.1, -0.05) is 72.9 Å². The second-order valence-electron chi connectivity index (χ2n) is 6.43. The fourth-order valence-electron chi connectivity index (χ4n) is 2.95. The molecule has 144 valence electrons. The number of benzene rings is 1. The zero-order valence-electron chi connectivity index (χ0n) is 16.9. The van der Waals surface area contributed by atoms with Crippen molar-refractivity contribution >= 4 is 5.57 Å². The quantitative estimate of drug-likeness (QED) is 0.443. The normalized spacial score (nSPS) is 15.5. The predicted octanol–water partition coefficient (Wildman–Crippen LogP) is 5.21. The average molecular weight is 366 g/mol. The second kappa shape index (κ2) is 11.2. The van der Waals surface area contributed by atoms with Gasteiger partial charge >= 0.3 is 0 Å². The third-order valence-corrected chi connectivity index (χ3v) is 4.16.